The summed E-state index contributed by atoms with van der Waals surface area (Å²) in [6, 6.07) is 8.86. The van der Waals surface area contributed by atoms with Crippen LogP contribution in [0.5, 0.6) is 0 Å². The molecule has 1 aromatic rings. The van der Waals surface area contributed by atoms with E-state index in [0.29, 0.717) is 0 Å². The molecule has 0 aliphatic carbocycles. The lowest BCUT2D eigenvalue weighted by atomic mass is 9.99. The Hall–Kier alpha value is -1.02. The maximum Gasteiger partial charge on any atom is 0.0414 e. The highest BCUT2D eigenvalue weighted by Crippen LogP contribution is 2.29. The number of benzene rings is 1. The van der Waals surface area contributed by atoms with Crippen LogP contribution in [0.2, 0.25) is 0 Å². The first-order chi connectivity index (χ1) is 8.33. The summed E-state index contributed by atoms with van der Waals surface area (Å²) in [6.45, 7) is 4.58. The predicted octanol–water partition coefficient (Wildman–Crippen LogP) is 3.48. The van der Waals surface area contributed by atoms with E-state index < -0.39 is 0 Å². The van der Waals surface area contributed by atoms with Crippen LogP contribution in [-0.2, 0) is 0 Å². The molecule has 1 fully saturated rings. The predicted molar refractivity (Wildman–Crippen MR) is 74.3 cm³/mol. The van der Waals surface area contributed by atoms with Crippen LogP contribution < -0.4 is 10.6 Å². The third-order valence-electron chi connectivity index (χ3n) is 3.63. The topological polar surface area (TPSA) is 29.3 Å². The Balaban J connectivity index is 2.19. The van der Waals surface area contributed by atoms with Gasteiger partial charge in [0, 0.05) is 24.8 Å². The van der Waals surface area contributed by atoms with Gasteiger partial charge >= 0.3 is 0 Å². The molecule has 94 valence electrons. The van der Waals surface area contributed by atoms with Crippen LogP contribution in [0.1, 0.15) is 50.6 Å². The van der Waals surface area contributed by atoms with E-state index >= 15 is 0 Å². The molecule has 0 aromatic heterocycles. The highest BCUT2D eigenvalue weighted by atomic mass is 15.1. The minimum Gasteiger partial charge on any atom is -0.371 e. The smallest absolute Gasteiger partial charge is 0.0414 e. The van der Waals surface area contributed by atoms with Crippen molar-refractivity contribution < 1.29 is 0 Å². The van der Waals surface area contributed by atoms with Gasteiger partial charge in [0.25, 0.3) is 0 Å². The molecular weight excluding hydrogens is 208 g/mol. The summed E-state index contributed by atoms with van der Waals surface area (Å²) in [5.41, 5.74) is 8.98. The Morgan fingerprint density at radius 3 is 2.59 bits per heavy atom. The molecule has 1 atom stereocenters. The van der Waals surface area contributed by atoms with E-state index in [1.54, 1.807) is 0 Å². The first-order valence-corrected chi connectivity index (χ1v) is 6.92. The van der Waals surface area contributed by atoms with Crippen molar-refractivity contribution in [1.29, 1.82) is 0 Å². The van der Waals surface area contributed by atoms with Crippen molar-refractivity contribution in [1.82, 2.24) is 0 Å². The highest BCUT2D eigenvalue weighted by Gasteiger charge is 2.16. The van der Waals surface area contributed by atoms with Gasteiger partial charge in [0.05, 0.1) is 0 Å². The van der Waals surface area contributed by atoms with Gasteiger partial charge in [-0.15, -0.1) is 0 Å². The molecule has 2 nitrogen and oxygen atoms in total. The summed E-state index contributed by atoms with van der Waals surface area (Å²) >= 11 is 0. The Labute approximate surface area is 105 Å². The van der Waals surface area contributed by atoms with Crippen LogP contribution >= 0.6 is 0 Å². The van der Waals surface area contributed by atoms with Crippen LogP contribution in [0, 0.1) is 0 Å². The van der Waals surface area contributed by atoms with E-state index in [9.17, 15) is 0 Å². The number of nitrogens with two attached hydrogens (primary N) is 1. The second kappa shape index (κ2) is 6.06. The Morgan fingerprint density at radius 2 is 1.88 bits per heavy atom. The fraction of sp³-hybridized carbons (Fsp3) is 0.600. The van der Waals surface area contributed by atoms with Crippen molar-refractivity contribution in [2.45, 2.75) is 45.1 Å². The van der Waals surface area contributed by atoms with Crippen molar-refractivity contribution in [3.8, 4) is 0 Å². The first kappa shape index (κ1) is 12.4. The number of piperidine rings is 1. The van der Waals surface area contributed by atoms with Crippen molar-refractivity contribution in [3.05, 3.63) is 29.8 Å². The molecule has 0 unspecified atom stereocenters. The summed E-state index contributed by atoms with van der Waals surface area (Å²) in [6.07, 6.45) is 6.23. The van der Waals surface area contributed by atoms with Gasteiger partial charge in [-0.25, -0.2) is 0 Å². The number of rotatable bonds is 4. The minimum atomic E-state index is 0.193. The monoisotopic (exact) mass is 232 g/mol. The molecule has 1 heterocycles. The molecule has 1 saturated heterocycles. The molecule has 2 heteroatoms. The Bertz CT molecular complexity index is 343. The molecule has 0 spiro atoms. The fourth-order valence-electron chi connectivity index (χ4n) is 2.69. The molecule has 0 amide bonds. The van der Waals surface area contributed by atoms with Crippen molar-refractivity contribution in [2.24, 2.45) is 5.73 Å². The average Bonchev–Trinajstić information content (AvgIpc) is 2.40. The molecule has 0 bridgehead atoms. The largest absolute Gasteiger partial charge is 0.371 e. The van der Waals surface area contributed by atoms with Crippen LogP contribution in [0.4, 0.5) is 5.69 Å². The Morgan fingerprint density at radius 1 is 1.18 bits per heavy atom. The highest BCUT2D eigenvalue weighted by molar-refractivity contribution is 5.55. The molecule has 1 aliphatic rings. The van der Waals surface area contributed by atoms with Crippen molar-refractivity contribution in [2.75, 3.05) is 18.0 Å². The zero-order valence-corrected chi connectivity index (χ0v) is 10.9. The summed E-state index contributed by atoms with van der Waals surface area (Å²) in [4.78, 5) is 2.51. The second-order valence-electron chi connectivity index (χ2n) is 5.00. The van der Waals surface area contributed by atoms with Crippen LogP contribution in [-0.4, -0.2) is 13.1 Å². The van der Waals surface area contributed by atoms with E-state index in [1.165, 1.54) is 43.6 Å². The molecule has 0 saturated carbocycles. The van der Waals surface area contributed by atoms with E-state index in [-0.39, 0.29) is 6.04 Å². The third-order valence-corrected chi connectivity index (χ3v) is 3.63. The van der Waals surface area contributed by atoms with Gasteiger partial charge in [-0.2, -0.15) is 0 Å². The summed E-state index contributed by atoms with van der Waals surface area (Å²) in [7, 11) is 0. The van der Waals surface area contributed by atoms with Crippen molar-refractivity contribution >= 4 is 5.69 Å². The van der Waals surface area contributed by atoms with Crippen LogP contribution in [0.3, 0.4) is 0 Å². The molecule has 1 aliphatic heterocycles. The maximum atomic E-state index is 6.29. The van der Waals surface area contributed by atoms with Crippen molar-refractivity contribution in [3.63, 3.8) is 0 Å². The quantitative estimate of drug-likeness (QED) is 0.861. The summed E-state index contributed by atoms with van der Waals surface area (Å²) in [5, 5.41) is 0. The van der Waals surface area contributed by atoms with E-state index in [2.05, 4.69) is 36.1 Å². The zero-order chi connectivity index (χ0) is 12.1. The van der Waals surface area contributed by atoms with Gasteiger partial charge in [-0.3, -0.25) is 0 Å². The zero-order valence-electron chi connectivity index (χ0n) is 10.9. The number of para-hydroxylation sites is 1. The lowest BCUT2D eigenvalue weighted by molar-refractivity contribution is 0.570. The number of nitrogens with zero attached hydrogens (tertiary/aromatic N) is 1. The fourth-order valence-corrected chi connectivity index (χ4v) is 2.69. The molecule has 17 heavy (non-hydrogen) atoms. The molecular formula is C15H24N2. The molecule has 2 rings (SSSR count). The van der Waals surface area contributed by atoms with Crippen LogP contribution in [0.15, 0.2) is 24.3 Å². The van der Waals surface area contributed by atoms with Gasteiger partial charge in [0.1, 0.15) is 0 Å². The van der Waals surface area contributed by atoms with E-state index in [1.807, 2.05) is 0 Å². The first-order valence-electron chi connectivity index (χ1n) is 6.92. The van der Waals surface area contributed by atoms with Gasteiger partial charge in [-0.1, -0.05) is 31.5 Å². The minimum absolute atomic E-state index is 0.193. The summed E-state index contributed by atoms with van der Waals surface area (Å²) < 4.78 is 0. The average molecular weight is 232 g/mol. The number of hydrogen-bond donors (Lipinski definition) is 1. The Kier molecular flexibility index (Phi) is 4.43. The van der Waals surface area contributed by atoms with E-state index in [0.717, 1.165) is 12.8 Å². The molecule has 0 radical (unpaired) electrons. The normalized spacial score (nSPS) is 18.1. The second-order valence-corrected chi connectivity index (χ2v) is 5.00. The lowest BCUT2D eigenvalue weighted by Gasteiger charge is -2.31. The van der Waals surface area contributed by atoms with Gasteiger partial charge in [0.15, 0.2) is 0 Å². The number of anilines is 1. The standard InChI is InChI=1S/C15H24N2/c1-2-8-14(16)13-9-4-5-10-15(13)17-11-6-3-7-12-17/h4-5,9-10,14H,2-3,6-8,11-12,16H2,1H3/t14-/m1/s1. The molecule has 1 aromatic carbocycles. The van der Waals surface area contributed by atoms with E-state index in [4.69, 9.17) is 5.73 Å². The SMILES string of the molecule is CCC[C@@H](N)c1ccccc1N1CCCCC1. The maximum absolute atomic E-state index is 6.29. The molecule has 2 N–H and O–H groups in total. The third kappa shape index (κ3) is 3.01. The van der Waals surface area contributed by atoms with Gasteiger partial charge in [-0.05, 0) is 37.3 Å². The number of hydrogen-bond acceptors (Lipinski definition) is 2. The van der Waals surface area contributed by atoms with Gasteiger partial charge in [0.2, 0.25) is 0 Å². The summed E-state index contributed by atoms with van der Waals surface area (Å²) in [5.74, 6) is 0. The lowest BCUT2D eigenvalue weighted by Crippen LogP contribution is -2.31. The van der Waals surface area contributed by atoms with Gasteiger partial charge < -0.3 is 10.6 Å². The van der Waals surface area contributed by atoms with Crippen LogP contribution in [0.25, 0.3) is 0 Å².